The summed E-state index contributed by atoms with van der Waals surface area (Å²) >= 11 is 0. The Hall–Kier alpha value is -0.670. The van der Waals surface area contributed by atoms with Crippen molar-refractivity contribution in [3.8, 4) is 0 Å². The molecule has 0 radical (unpaired) electrons. The Morgan fingerprint density at radius 3 is 1.82 bits per heavy atom. The zero-order valence-corrected chi connectivity index (χ0v) is 7.49. The highest BCUT2D eigenvalue weighted by Gasteiger charge is 2.32. The zero-order chi connectivity index (χ0) is 8.36. The van der Waals surface area contributed by atoms with Gasteiger partial charge in [-0.25, -0.2) is 4.79 Å². The van der Waals surface area contributed by atoms with Crippen LogP contribution in [0.15, 0.2) is 0 Å². The summed E-state index contributed by atoms with van der Waals surface area (Å²) in [6.45, 7) is 0.934. The molecule has 0 aliphatic rings. The van der Waals surface area contributed by atoms with E-state index in [1.807, 2.05) is 0 Å². The molecular weight excluding hydrogens is 171 g/mol. The standard InChI is InChI=1S/C5H8O5.H3P/c1-5(10,4(8)9)2-3(6)7;/h10H,2H2,1H3,(H,6,7)(H,8,9);1H3. The molecule has 0 bridgehead atoms. The summed E-state index contributed by atoms with van der Waals surface area (Å²) in [5.41, 5.74) is -2.16. The van der Waals surface area contributed by atoms with Gasteiger partial charge < -0.3 is 15.3 Å². The lowest BCUT2D eigenvalue weighted by Gasteiger charge is -2.13. The fourth-order valence-electron chi connectivity index (χ4n) is 0.370. The molecule has 0 aliphatic carbocycles. The molecule has 0 amide bonds. The molecule has 0 rings (SSSR count). The molecule has 0 aromatic heterocycles. The molecule has 0 saturated heterocycles. The predicted octanol–water partition coefficient (Wildman–Crippen LogP) is -0.645. The molecule has 6 heteroatoms. The van der Waals surface area contributed by atoms with Crippen molar-refractivity contribution in [3.05, 3.63) is 0 Å². The van der Waals surface area contributed by atoms with Crippen molar-refractivity contribution in [2.45, 2.75) is 18.9 Å². The SMILES string of the molecule is CC(O)(CC(=O)O)C(=O)O.P. The summed E-state index contributed by atoms with van der Waals surface area (Å²) < 4.78 is 0. The van der Waals surface area contributed by atoms with E-state index in [4.69, 9.17) is 15.3 Å². The largest absolute Gasteiger partial charge is 0.481 e. The summed E-state index contributed by atoms with van der Waals surface area (Å²) in [5, 5.41) is 25.0. The van der Waals surface area contributed by atoms with Crippen LogP contribution in [0.3, 0.4) is 0 Å². The van der Waals surface area contributed by atoms with Gasteiger partial charge in [-0.3, -0.25) is 4.79 Å². The van der Waals surface area contributed by atoms with E-state index in [9.17, 15) is 9.59 Å². The van der Waals surface area contributed by atoms with Crippen LogP contribution in [0.5, 0.6) is 0 Å². The van der Waals surface area contributed by atoms with Gasteiger partial charge in [0.05, 0.1) is 6.42 Å². The van der Waals surface area contributed by atoms with E-state index in [2.05, 4.69) is 0 Å². The van der Waals surface area contributed by atoms with E-state index in [1.165, 1.54) is 0 Å². The van der Waals surface area contributed by atoms with Gasteiger partial charge in [-0.1, -0.05) is 0 Å². The van der Waals surface area contributed by atoms with E-state index in [-0.39, 0.29) is 9.90 Å². The Morgan fingerprint density at radius 1 is 1.36 bits per heavy atom. The number of carbonyl (C=O) groups is 2. The number of rotatable bonds is 3. The number of hydrogen-bond donors (Lipinski definition) is 3. The maximum absolute atomic E-state index is 10.0. The maximum Gasteiger partial charge on any atom is 0.335 e. The summed E-state index contributed by atoms with van der Waals surface area (Å²) in [7, 11) is 0. The number of carboxylic acid groups (broad SMARTS) is 2. The molecule has 11 heavy (non-hydrogen) atoms. The van der Waals surface area contributed by atoms with Gasteiger partial charge in [0.2, 0.25) is 0 Å². The highest BCUT2D eigenvalue weighted by Crippen LogP contribution is 2.08. The third-order valence-corrected chi connectivity index (χ3v) is 0.956. The van der Waals surface area contributed by atoms with Crippen LogP contribution in [0, 0.1) is 0 Å². The van der Waals surface area contributed by atoms with Crippen LogP contribution in [0.25, 0.3) is 0 Å². The number of aliphatic hydroxyl groups is 1. The third-order valence-electron chi connectivity index (χ3n) is 0.956. The van der Waals surface area contributed by atoms with Crippen LogP contribution in [0.4, 0.5) is 0 Å². The first-order valence-electron chi connectivity index (χ1n) is 2.54. The second-order valence-corrected chi connectivity index (χ2v) is 2.15. The molecule has 5 nitrogen and oxygen atoms in total. The molecule has 0 aromatic carbocycles. The van der Waals surface area contributed by atoms with Crippen molar-refractivity contribution < 1.29 is 24.9 Å². The van der Waals surface area contributed by atoms with Crippen LogP contribution in [-0.2, 0) is 9.59 Å². The van der Waals surface area contributed by atoms with Crippen molar-refractivity contribution in [1.82, 2.24) is 0 Å². The highest BCUT2D eigenvalue weighted by atomic mass is 31.0. The molecular formula is C5H11O5P. The van der Waals surface area contributed by atoms with E-state index in [1.54, 1.807) is 0 Å². The first-order chi connectivity index (χ1) is 4.36. The lowest BCUT2D eigenvalue weighted by Crippen LogP contribution is -2.37. The first kappa shape index (κ1) is 13.0. The average molecular weight is 182 g/mol. The average Bonchev–Trinajstić information content (AvgIpc) is 1.60. The minimum atomic E-state index is -2.16. The van der Waals surface area contributed by atoms with Gasteiger partial charge in [0, 0.05) is 0 Å². The van der Waals surface area contributed by atoms with E-state index >= 15 is 0 Å². The molecule has 3 N–H and O–H groups in total. The van der Waals surface area contributed by atoms with Crippen molar-refractivity contribution in [1.29, 1.82) is 0 Å². The Labute approximate surface area is 66.7 Å². The lowest BCUT2D eigenvalue weighted by molar-refractivity contribution is -0.163. The number of carboxylic acids is 2. The van der Waals surface area contributed by atoms with Crippen LogP contribution >= 0.6 is 9.90 Å². The van der Waals surface area contributed by atoms with Crippen molar-refractivity contribution in [2.24, 2.45) is 0 Å². The Kier molecular flexibility index (Phi) is 5.02. The highest BCUT2D eigenvalue weighted by molar-refractivity contribution is 6.92. The minimum absolute atomic E-state index is 0. The van der Waals surface area contributed by atoms with Gasteiger partial charge in [0.15, 0.2) is 5.60 Å². The molecule has 0 aliphatic heterocycles. The number of aliphatic carboxylic acids is 2. The van der Waals surface area contributed by atoms with E-state index in [0.29, 0.717) is 0 Å². The smallest absolute Gasteiger partial charge is 0.335 e. The molecule has 0 aromatic rings. The monoisotopic (exact) mass is 182 g/mol. The lowest BCUT2D eigenvalue weighted by atomic mass is 10.0. The second-order valence-electron chi connectivity index (χ2n) is 2.15. The van der Waals surface area contributed by atoms with Gasteiger partial charge in [0.1, 0.15) is 0 Å². The molecule has 0 saturated carbocycles. The molecule has 2 atom stereocenters. The van der Waals surface area contributed by atoms with E-state index < -0.39 is 24.0 Å². The van der Waals surface area contributed by atoms with Gasteiger partial charge in [0.25, 0.3) is 0 Å². The molecule has 0 fully saturated rings. The van der Waals surface area contributed by atoms with Gasteiger partial charge in [-0.15, -0.1) is 0 Å². The van der Waals surface area contributed by atoms with E-state index in [0.717, 1.165) is 6.92 Å². The predicted molar refractivity (Wildman–Crippen MR) is 41.6 cm³/mol. The topological polar surface area (TPSA) is 94.8 Å². The minimum Gasteiger partial charge on any atom is -0.481 e. The molecule has 0 spiro atoms. The summed E-state index contributed by atoms with van der Waals surface area (Å²) in [4.78, 5) is 19.9. The van der Waals surface area contributed by atoms with Gasteiger partial charge >= 0.3 is 11.9 Å². The Morgan fingerprint density at radius 2 is 1.73 bits per heavy atom. The second kappa shape index (κ2) is 4.26. The Balaban J connectivity index is 0. The third kappa shape index (κ3) is 4.70. The fourth-order valence-corrected chi connectivity index (χ4v) is 0.370. The number of hydrogen-bond acceptors (Lipinski definition) is 3. The van der Waals surface area contributed by atoms with Crippen LogP contribution in [0.2, 0.25) is 0 Å². The Bertz CT molecular complexity index is 164. The van der Waals surface area contributed by atoms with Crippen LogP contribution in [0.1, 0.15) is 13.3 Å². The first-order valence-corrected chi connectivity index (χ1v) is 2.54. The van der Waals surface area contributed by atoms with Crippen LogP contribution in [-0.4, -0.2) is 32.9 Å². The maximum atomic E-state index is 10.0. The van der Waals surface area contributed by atoms with Gasteiger partial charge in [-0.05, 0) is 6.92 Å². The quantitative estimate of drug-likeness (QED) is 0.504. The molecule has 2 unspecified atom stereocenters. The normalized spacial score (nSPS) is 14.4. The fraction of sp³-hybridized carbons (Fsp3) is 0.600. The van der Waals surface area contributed by atoms with Crippen molar-refractivity contribution in [3.63, 3.8) is 0 Å². The summed E-state index contributed by atoms with van der Waals surface area (Å²) in [6, 6.07) is 0. The molecule has 0 heterocycles. The van der Waals surface area contributed by atoms with Crippen LogP contribution < -0.4 is 0 Å². The van der Waals surface area contributed by atoms with Crippen molar-refractivity contribution in [2.75, 3.05) is 0 Å². The van der Waals surface area contributed by atoms with Crippen molar-refractivity contribution >= 4 is 21.8 Å². The molecule has 66 valence electrons. The summed E-state index contributed by atoms with van der Waals surface area (Å²) in [5.74, 6) is -2.87. The summed E-state index contributed by atoms with van der Waals surface area (Å²) in [6.07, 6.45) is -0.789. The zero-order valence-electron chi connectivity index (χ0n) is 6.07. The van der Waals surface area contributed by atoms with Gasteiger partial charge in [-0.2, -0.15) is 9.90 Å².